The molecule has 33 heavy (non-hydrogen) atoms. The van der Waals surface area contributed by atoms with Gasteiger partial charge in [0, 0.05) is 19.2 Å². The highest BCUT2D eigenvalue weighted by Gasteiger charge is 2.28. The van der Waals surface area contributed by atoms with Crippen LogP contribution >= 0.6 is 0 Å². The largest absolute Gasteiger partial charge is 0.493 e. The molecule has 0 unspecified atom stereocenters. The van der Waals surface area contributed by atoms with Gasteiger partial charge < -0.3 is 14.8 Å². The monoisotopic (exact) mass is 468 g/mol. The smallest absolute Gasteiger partial charge is 0.243 e. The number of ether oxygens (including phenoxy) is 2. The number of benzene rings is 3. The fraction of sp³-hybridized carbons (Fsp3) is 0.240. The average molecular weight is 469 g/mol. The van der Waals surface area contributed by atoms with E-state index in [2.05, 4.69) is 5.32 Å². The minimum atomic E-state index is -4.00. The maximum absolute atomic E-state index is 13.5. The van der Waals surface area contributed by atoms with Gasteiger partial charge in [-0.15, -0.1) is 0 Å². The molecule has 0 aliphatic rings. The normalized spacial score (nSPS) is 11.3. The summed E-state index contributed by atoms with van der Waals surface area (Å²) in [6.45, 7) is 2.03. The highest BCUT2D eigenvalue weighted by atomic mass is 32.2. The van der Waals surface area contributed by atoms with Crippen molar-refractivity contribution in [3.8, 4) is 11.5 Å². The van der Waals surface area contributed by atoms with Gasteiger partial charge in [-0.05, 0) is 30.2 Å². The highest BCUT2D eigenvalue weighted by molar-refractivity contribution is 7.89. The molecule has 0 saturated carbocycles. The average Bonchev–Trinajstić information content (AvgIpc) is 2.83. The molecule has 3 aromatic carbocycles. The van der Waals surface area contributed by atoms with Crippen LogP contribution < -0.4 is 14.8 Å². The van der Waals surface area contributed by atoms with Gasteiger partial charge in [0.1, 0.15) is 0 Å². The number of nitrogens with one attached hydrogen (secondary N) is 1. The van der Waals surface area contributed by atoms with Crippen LogP contribution in [0.2, 0.25) is 0 Å². The zero-order valence-electron chi connectivity index (χ0n) is 18.9. The Labute approximate surface area is 195 Å². The van der Waals surface area contributed by atoms with Gasteiger partial charge in [0.25, 0.3) is 0 Å². The lowest BCUT2D eigenvalue weighted by Gasteiger charge is -2.22. The second kappa shape index (κ2) is 11.0. The molecular formula is C25H28N2O5S. The van der Waals surface area contributed by atoms with Crippen molar-refractivity contribution in [2.24, 2.45) is 0 Å². The van der Waals surface area contributed by atoms with Crippen molar-refractivity contribution in [1.82, 2.24) is 9.62 Å². The van der Waals surface area contributed by atoms with Gasteiger partial charge in [-0.25, -0.2) is 8.42 Å². The molecule has 3 aromatic rings. The zero-order valence-corrected chi connectivity index (χ0v) is 19.8. The van der Waals surface area contributed by atoms with Crippen LogP contribution in [0.1, 0.15) is 16.7 Å². The number of sulfonamides is 1. The lowest BCUT2D eigenvalue weighted by molar-refractivity contribution is -0.121. The number of aryl methyl sites for hydroxylation is 1. The van der Waals surface area contributed by atoms with Gasteiger partial charge in [0.15, 0.2) is 11.5 Å². The van der Waals surface area contributed by atoms with Gasteiger partial charge in [-0.3, -0.25) is 4.79 Å². The first-order chi connectivity index (χ1) is 15.8. The standard InChI is InChI=1S/C25H28N2O5S/c1-19-9-11-20(12-10-19)16-26-25(28)18-27(17-21-7-5-4-6-8-21)33(29,30)22-13-14-23(31-2)24(15-22)32-3/h4-15H,16-18H2,1-3H3,(H,26,28). The van der Waals surface area contributed by atoms with Crippen molar-refractivity contribution >= 4 is 15.9 Å². The molecule has 0 aromatic heterocycles. The zero-order chi connectivity index (χ0) is 23.8. The van der Waals surface area contributed by atoms with Crippen molar-refractivity contribution < 1.29 is 22.7 Å². The van der Waals surface area contributed by atoms with Gasteiger partial charge in [0.2, 0.25) is 15.9 Å². The van der Waals surface area contributed by atoms with Gasteiger partial charge in [-0.2, -0.15) is 4.31 Å². The lowest BCUT2D eigenvalue weighted by atomic mass is 10.1. The quantitative estimate of drug-likeness (QED) is 0.492. The number of rotatable bonds is 10. The third kappa shape index (κ3) is 6.34. The predicted molar refractivity (Wildman–Crippen MR) is 127 cm³/mol. The molecule has 174 valence electrons. The minimum absolute atomic E-state index is 0.0161. The van der Waals surface area contributed by atoms with E-state index < -0.39 is 15.9 Å². The number of amides is 1. The topological polar surface area (TPSA) is 84.9 Å². The van der Waals surface area contributed by atoms with E-state index in [1.807, 2.05) is 61.5 Å². The first-order valence-corrected chi connectivity index (χ1v) is 11.9. The number of methoxy groups -OCH3 is 2. The predicted octanol–water partition coefficient (Wildman–Crippen LogP) is 3.52. The third-order valence-electron chi connectivity index (χ3n) is 5.12. The molecule has 0 aliphatic carbocycles. The highest BCUT2D eigenvalue weighted by Crippen LogP contribution is 2.31. The van der Waals surface area contributed by atoms with Crippen LogP contribution in [-0.4, -0.2) is 39.4 Å². The fourth-order valence-electron chi connectivity index (χ4n) is 3.26. The van der Waals surface area contributed by atoms with E-state index in [1.54, 1.807) is 0 Å². The summed E-state index contributed by atoms with van der Waals surface area (Å²) in [5.74, 6) is 0.319. The van der Waals surface area contributed by atoms with Crippen LogP contribution in [0.15, 0.2) is 77.7 Å². The van der Waals surface area contributed by atoms with Crippen molar-refractivity contribution in [2.75, 3.05) is 20.8 Å². The number of nitrogens with zero attached hydrogens (tertiary/aromatic N) is 1. The Morgan fingerprint density at radius 2 is 1.55 bits per heavy atom. The molecule has 8 heteroatoms. The minimum Gasteiger partial charge on any atom is -0.493 e. The van der Waals surface area contributed by atoms with Crippen molar-refractivity contribution in [1.29, 1.82) is 0 Å². The van der Waals surface area contributed by atoms with E-state index in [0.29, 0.717) is 18.0 Å². The maximum Gasteiger partial charge on any atom is 0.243 e. The van der Waals surface area contributed by atoms with E-state index in [0.717, 1.165) is 21.0 Å². The summed E-state index contributed by atoms with van der Waals surface area (Å²) in [6.07, 6.45) is 0. The Kier molecular flexibility index (Phi) is 8.08. The maximum atomic E-state index is 13.5. The molecule has 1 N–H and O–H groups in total. The van der Waals surface area contributed by atoms with Crippen LogP contribution in [0.5, 0.6) is 11.5 Å². The first-order valence-electron chi connectivity index (χ1n) is 10.4. The summed E-state index contributed by atoms with van der Waals surface area (Å²) in [7, 11) is -1.09. The second-order valence-corrected chi connectivity index (χ2v) is 9.48. The number of hydrogen-bond donors (Lipinski definition) is 1. The Bertz CT molecular complexity index is 1180. The van der Waals surface area contributed by atoms with E-state index in [-0.39, 0.29) is 18.0 Å². The summed E-state index contributed by atoms with van der Waals surface area (Å²) >= 11 is 0. The van der Waals surface area contributed by atoms with Crippen LogP contribution in [0.25, 0.3) is 0 Å². The molecule has 0 spiro atoms. The van der Waals surface area contributed by atoms with Crippen molar-refractivity contribution in [3.63, 3.8) is 0 Å². The Morgan fingerprint density at radius 1 is 0.879 bits per heavy atom. The second-order valence-electron chi connectivity index (χ2n) is 7.54. The van der Waals surface area contributed by atoms with Crippen LogP contribution in [0.3, 0.4) is 0 Å². The fourth-order valence-corrected chi connectivity index (χ4v) is 4.66. The first kappa shape index (κ1) is 24.3. The number of hydrogen-bond acceptors (Lipinski definition) is 5. The van der Waals surface area contributed by atoms with Crippen LogP contribution in [-0.2, 0) is 27.9 Å². The summed E-state index contributed by atoms with van der Waals surface area (Å²) < 4.78 is 38.6. The lowest BCUT2D eigenvalue weighted by Crippen LogP contribution is -2.40. The molecule has 0 saturated heterocycles. The summed E-state index contributed by atoms with van der Waals surface area (Å²) in [5, 5.41) is 2.81. The third-order valence-corrected chi connectivity index (χ3v) is 6.91. The van der Waals surface area contributed by atoms with Crippen molar-refractivity contribution in [3.05, 3.63) is 89.5 Å². The molecular weight excluding hydrogens is 440 g/mol. The van der Waals surface area contributed by atoms with E-state index in [4.69, 9.17) is 9.47 Å². The summed E-state index contributed by atoms with van der Waals surface area (Å²) in [4.78, 5) is 12.7. The molecule has 0 aliphatic heterocycles. The summed E-state index contributed by atoms with van der Waals surface area (Å²) in [5.41, 5.74) is 2.83. The number of carbonyl (C=O) groups is 1. The van der Waals surface area contributed by atoms with Crippen molar-refractivity contribution in [2.45, 2.75) is 24.9 Å². The molecule has 0 bridgehead atoms. The molecule has 7 nitrogen and oxygen atoms in total. The molecule has 0 radical (unpaired) electrons. The molecule has 1 amide bonds. The summed E-state index contributed by atoms with van der Waals surface area (Å²) in [6, 6.07) is 21.3. The van der Waals surface area contributed by atoms with Crippen LogP contribution in [0.4, 0.5) is 0 Å². The number of carbonyl (C=O) groups excluding carboxylic acids is 1. The van der Waals surface area contributed by atoms with E-state index in [1.165, 1.54) is 32.4 Å². The van der Waals surface area contributed by atoms with Gasteiger partial charge >= 0.3 is 0 Å². The Balaban J connectivity index is 1.83. The van der Waals surface area contributed by atoms with Gasteiger partial charge in [-0.1, -0.05) is 60.2 Å². The Morgan fingerprint density at radius 3 is 2.18 bits per heavy atom. The SMILES string of the molecule is COc1ccc(S(=O)(=O)N(CC(=O)NCc2ccc(C)cc2)Cc2ccccc2)cc1OC. The molecule has 3 rings (SSSR count). The van der Waals surface area contributed by atoms with E-state index >= 15 is 0 Å². The molecule has 0 heterocycles. The Hall–Kier alpha value is -3.36. The van der Waals surface area contributed by atoms with Crippen LogP contribution in [0, 0.1) is 6.92 Å². The van der Waals surface area contributed by atoms with E-state index in [9.17, 15) is 13.2 Å². The molecule has 0 fully saturated rings. The molecule has 0 atom stereocenters. The van der Waals surface area contributed by atoms with Gasteiger partial charge in [0.05, 0.1) is 25.7 Å².